The second-order valence-electron chi connectivity index (χ2n) is 3.69. The van der Waals surface area contributed by atoms with Crippen LogP contribution in [0.1, 0.15) is 5.82 Å². The number of nitrogens with one attached hydrogen (secondary N) is 1. The lowest BCUT2D eigenvalue weighted by molar-refractivity contribution is -0.116. The molecule has 1 aromatic heterocycles. The minimum absolute atomic E-state index is 0.0356. The van der Waals surface area contributed by atoms with Crippen molar-refractivity contribution in [1.82, 2.24) is 14.8 Å². The van der Waals surface area contributed by atoms with Crippen LogP contribution >= 0.6 is 34.8 Å². The largest absolute Gasteiger partial charge is 0.322 e. The maximum absolute atomic E-state index is 11.9. The Kier molecular flexibility index (Phi) is 4.45. The van der Waals surface area contributed by atoms with Gasteiger partial charge in [0.1, 0.15) is 18.9 Å². The summed E-state index contributed by atoms with van der Waals surface area (Å²) in [6, 6.07) is 4.74. The molecular formula is C11H6Cl3N5O. The van der Waals surface area contributed by atoms with Gasteiger partial charge in [-0.15, -0.1) is 10.2 Å². The molecule has 0 saturated carbocycles. The number of hydrogen-bond donors (Lipinski definition) is 1. The van der Waals surface area contributed by atoms with Crippen LogP contribution in [0.25, 0.3) is 0 Å². The number of nitrogens with zero attached hydrogens (tertiary/aromatic N) is 4. The Morgan fingerprint density at radius 3 is 2.60 bits per heavy atom. The van der Waals surface area contributed by atoms with E-state index in [-0.39, 0.29) is 28.1 Å². The van der Waals surface area contributed by atoms with E-state index in [1.807, 2.05) is 6.07 Å². The summed E-state index contributed by atoms with van der Waals surface area (Å²) in [5.74, 6) is -0.388. The molecule has 0 saturated heterocycles. The normalized spacial score (nSPS) is 10.1. The monoisotopic (exact) mass is 329 g/mol. The first-order valence-electron chi connectivity index (χ1n) is 5.23. The molecule has 0 unspecified atom stereocenters. The number of nitriles is 1. The quantitative estimate of drug-likeness (QED) is 0.938. The zero-order valence-corrected chi connectivity index (χ0v) is 12.0. The van der Waals surface area contributed by atoms with Crippen molar-refractivity contribution in [3.05, 3.63) is 39.4 Å². The molecule has 20 heavy (non-hydrogen) atoms. The van der Waals surface area contributed by atoms with Crippen LogP contribution in [0, 0.1) is 11.3 Å². The third kappa shape index (κ3) is 3.20. The molecule has 9 heteroatoms. The highest BCUT2D eigenvalue weighted by atomic mass is 35.5. The highest BCUT2D eigenvalue weighted by Crippen LogP contribution is 2.33. The molecule has 0 aliphatic heterocycles. The van der Waals surface area contributed by atoms with Gasteiger partial charge < -0.3 is 5.32 Å². The lowest BCUT2D eigenvalue weighted by atomic mass is 10.3. The van der Waals surface area contributed by atoms with Crippen molar-refractivity contribution in [2.45, 2.75) is 6.54 Å². The molecule has 2 aromatic rings. The van der Waals surface area contributed by atoms with E-state index in [1.165, 1.54) is 23.0 Å². The molecule has 1 N–H and O–H groups in total. The van der Waals surface area contributed by atoms with Crippen molar-refractivity contribution in [2.75, 3.05) is 5.32 Å². The summed E-state index contributed by atoms with van der Waals surface area (Å²) in [6.07, 6.45) is 1.28. The smallest absolute Gasteiger partial charge is 0.244 e. The fourth-order valence-corrected chi connectivity index (χ4v) is 2.36. The molecule has 102 valence electrons. The third-order valence-corrected chi connectivity index (χ3v) is 3.12. The Morgan fingerprint density at radius 1 is 1.35 bits per heavy atom. The van der Waals surface area contributed by atoms with Gasteiger partial charge in [0.15, 0.2) is 0 Å². The number of carbonyl (C=O) groups is 1. The molecule has 0 fully saturated rings. The van der Waals surface area contributed by atoms with E-state index in [1.54, 1.807) is 0 Å². The summed E-state index contributed by atoms with van der Waals surface area (Å²) in [5.41, 5.74) is 0.259. The van der Waals surface area contributed by atoms with Crippen LogP contribution in [-0.2, 0) is 11.3 Å². The number of anilines is 1. The number of benzene rings is 1. The SMILES string of the molecule is N#Cc1nncn1CC(=O)Nc1c(Cl)cc(Cl)cc1Cl. The second-order valence-corrected chi connectivity index (χ2v) is 4.94. The van der Waals surface area contributed by atoms with Gasteiger partial charge in [-0.25, -0.2) is 0 Å². The van der Waals surface area contributed by atoms with Crippen LogP contribution in [0.15, 0.2) is 18.5 Å². The van der Waals surface area contributed by atoms with E-state index in [4.69, 9.17) is 40.1 Å². The summed E-state index contributed by atoms with van der Waals surface area (Å²) in [6.45, 7) is -0.134. The summed E-state index contributed by atoms with van der Waals surface area (Å²) < 4.78 is 1.30. The maximum Gasteiger partial charge on any atom is 0.244 e. The van der Waals surface area contributed by atoms with E-state index in [0.29, 0.717) is 5.02 Å². The minimum atomic E-state index is -0.424. The predicted molar refractivity (Wildman–Crippen MR) is 74.8 cm³/mol. The van der Waals surface area contributed by atoms with Gasteiger partial charge in [-0.1, -0.05) is 34.8 Å². The van der Waals surface area contributed by atoms with Crippen LogP contribution in [0.5, 0.6) is 0 Å². The highest BCUT2D eigenvalue weighted by molar-refractivity contribution is 6.42. The number of aromatic nitrogens is 3. The summed E-state index contributed by atoms with van der Waals surface area (Å²) in [5, 5.41) is 19.2. The molecule has 0 aliphatic carbocycles. The van der Waals surface area contributed by atoms with Gasteiger partial charge in [-0.05, 0) is 12.1 Å². The minimum Gasteiger partial charge on any atom is -0.322 e. The van der Waals surface area contributed by atoms with Crippen LogP contribution < -0.4 is 5.32 Å². The Labute approximate surface area is 128 Å². The molecule has 0 spiro atoms. The van der Waals surface area contributed by atoms with Crippen molar-refractivity contribution in [3.63, 3.8) is 0 Å². The molecule has 0 radical (unpaired) electrons. The van der Waals surface area contributed by atoms with Crippen LogP contribution in [0.3, 0.4) is 0 Å². The zero-order valence-electron chi connectivity index (χ0n) is 9.77. The van der Waals surface area contributed by atoms with Gasteiger partial charge in [0.05, 0.1) is 15.7 Å². The fraction of sp³-hybridized carbons (Fsp3) is 0.0909. The molecule has 0 aliphatic rings. The first kappa shape index (κ1) is 14.6. The van der Waals surface area contributed by atoms with E-state index < -0.39 is 5.91 Å². The average Bonchev–Trinajstić information content (AvgIpc) is 2.81. The highest BCUT2D eigenvalue weighted by Gasteiger charge is 2.13. The number of carbonyl (C=O) groups excluding carboxylic acids is 1. The Hall–Kier alpha value is -1.81. The molecule has 2 rings (SSSR count). The summed E-state index contributed by atoms with van der Waals surface area (Å²) >= 11 is 17.7. The Balaban J connectivity index is 2.15. The lowest BCUT2D eigenvalue weighted by Gasteiger charge is -2.10. The van der Waals surface area contributed by atoms with Crippen molar-refractivity contribution in [3.8, 4) is 6.07 Å². The second kappa shape index (κ2) is 6.09. The van der Waals surface area contributed by atoms with Gasteiger partial charge >= 0.3 is 0 Å². The van der Waals surface area contributed by atoms with Crippen LogP contribution in [-0.4, -0.2) is 20.7 Å². The predicted octanol–water partition coefficient (Wildman–Crippen LogP) is 2.75. The average molecular weight is 331 g/mol. The maximum atomic E-state index is 11.9. The number of hydrogen-bond acceptors (Lipinski definition) is 4. The topological polar surface area (TPSA) is 83.6 Å². The van der Waals surface area contributed by atoms with Gasteiger partial charge in [0.2, 0.25) is 11.7 Å². The third-order valence-electron chi connectivity index (χ3n) is 2.30. The van der Waals surface area contributed by atoms with E-state index in [9.17, 15) is 4.79 Å². The van der Waals surface area contributed by atoms with Crippen molar-refractivity contribution in [2.24, 2.45) is 0 Å². The standard InChI is InChI=1S/C11H6Cl3N5O/c12-6-1-7(13)11(8(14)2-6)17-10(20)4-19-5-16-18-9(19)3-15/h1-2,5H,4H2,(H,17,20). The van der Waals surface area contributed by atoms with Gasteiger partial charge in [-0.2, -0.15) is 5.26 Å². The molecule has 0 bridgehead atoms. The molecule has 1 amide bonds. The van der Waals surface area contributed by atoms with Crippen molar-refractivity contribution in [1.29, 1.82) is 5.26 Å². The molecule has 1 aromatic carbocycles. The van der Waals surface area contributed by atoms with Crippen LogP contribution in [0.4, 0.5) is 5.69 Å². The first-order valence-corrected chi connectivity index (χ1v) is 6.37. The molecule has 1 heterocycles. The van der Waals surface area contributed by atoms with Crippen molar-refractivity contribution < 1.29 is 4.79 Å². The lowest BCUT2D eigenvalue weighted by Crippen LogP contribution is -2.19. The van der Waals surface area contributed by atoms with E-state index in [0.717, 1.165) is 0 Å². The molecule has 6 nitrogen and oxygen atoms in total. The Morgan fingerprint density at radius 2 is 2.00 bits per heavy atom. The molecular weight excluding hydrogens is 325 g/mol. The van der Waals surface area contributed by atoms with Gasteiger partial charge in [-0.3, -0.25) is 9.36 Å². The van der Waals surface area contributed by atoms with E-state index >= 15 is 0 Å². The van der Waals surface area contributed by atoms with Gasteiger partial charge in [0, 0.05) is 5.02 Å². The summed E-state index contributed by atoms with van der Waals surface area (Å²) in [4.78, 5) is 11.9. The number of halogens is 3. The number of rotatable bonds is 3. The first-order chi connectivity index (χ1) is 9.51. The summed E-state index contributed by atoms with van der Waals surface area (Å²) in [7, 11) is 0. The van der Waals surface area contributed by atoms with Crippen LogP contribution in [0.2, 0.25) is 15.1 Å². The molecule has 0 atom stereocenters. The van der Waals surface area contributed by atoms with E-state index in [2.05, 4.69) is 15.5 Å². The fourth-order valence-electron chi connectivity index (χ4n) is 1.45. The van der Waals surface area contributed by atoms with Crippen molar-refractivity contribution >= 4 is 46.4 Å². The number of amides is 1. The Bertz CT molecular complexity index is 683. The van der Waals surface area contributed by atoms with Gasteiger partial charge in [0.25, 0.3) is 0 Å². The zero-order chi connectivity index (χ0) is 14.7.